The molecule has 0 saturated carbocycles. The molecule has 2 aromatic rings. The summed E-state index contributed by atoms with van der Waals surface area (Å²) in [4.78, 5) is 16.9. The largest absolute Gasteiger partial charge is 0.539 e. The maximum absolute atomic E-state index is 12.1. The number of aryl methyl sites for hydroxylation is 1. The van der Waals surface area contributed by atoms with Gasteiger partial charge in [0.25, 0.3) is 8.32 Å². The lowest BCUT2D eigenvalue weighted by Crippen LogP contribution is -2.41. The fraction of sp³-hybridized carbons (Fsp3) is 0.500. The first-order chi connectivity index (χ1) is 14.1. The molecule has 4 nitrogen and oxygen atoms in total. The molecule has 0 amide bonds. The number of nitrogens with zero attached hydrogens (tertiary/aromatic N) is 1. The molecule has 1 aromatic carbocycles. The fourth-order valence-corrected chi connectivity index (χ4v) is 4.57. The Hall–Kier alpha value is -1.92. The average Bonchev–Trinajstić information content (AvgIpc) is 3.17. The molecule has 0 aliphatic carbocycles. The number of benzene rings is 1. The van der Waals surface area contributed by atoms with Gasteiger partial charge in [0.05, 0.1) is 12.8 Å². The van der Waals surface area contributed by atoms with Gasteiger partial charge in [0.15, 0.2) is 5.76 Å². The van der Waals surface area contributed by atoms with E-state index in [1.165, 1.54) is 12.7 Å². The van der Waals surface area contributed by atoms with Crippen LogP contribution < -0.4 is 0 Å². The second-order valence-corrected chi connectivity index (χ2v) is 14.6. The molecule has 0 atom stereocenters. The highest BCUT2D eigenvalue weighted by Crippen LogP contribution is 2.38. The SMILES string of the molecule is COC(=O)/C(=C/CCCCCc1csc(-c2ccccc2)n1)O[Si](C)(C)C(C)(C)C. The van der Waals surface area contributed by atoms with Crippen LogP contribution in [0.1, 0.15) is 52.1 Å². The van der Waals surface area contributed by atoms with Crippen LogP contribution in [-0.4, -0.2) is 26.4 Å². The molecule has 1 heterocycles. The molecule has 0 aliphatic rings. The maximum atomic E-state index is 12.1. The zero-order chi connectivity index (χ0) is 22.2. The van der Waals surface area contributed by atoms with Crippen LogP contribution in [0, 0.1) is 0 Å². The number of aromatic nitrogens is 1. The van der Waals surface area contributed by atoms with Gasteiger partial charge in [0.2, 0.25) is 0 Å². The van der Waals surface area contributed by atoms with Gasteiger partial charge in [-0.05, 0) is 49.9 Å². The average molecular weight is 446 g/mol. The Morgan fingerprint density at radius 1 is 1.13 bits per heavy atom. The number of methoxy groups -OCH3 is 1. The molecular formula is C24H35NO3SSi. The molecule has 164 valence electrons. The van der Waals surface area contributed by atoms with Gasteiger partial charge in [-0.25, -0.2) is 9.78 Å². The van der Waals surface area contributed by atoms with Crippen molar-refractivity contribution >= 4 is 25.6 Å². The topological polar surface area (TPSA) is 48.4 Å². The Morgan fingerprint density at radius 3 is 2.47 bits per heavy atom. The van der Waals surface area contributed by atoms with Crippen molar-refractivity contribution in [2.75, 3.05) is 7.11 Å². The van der Waals surface area contributed by atoms with Crippen LogP contribution in [0.3, 0.4) is 0 Å². The van der Waals surface area contributed by atoms with E-state index in [-0.39, 0.29) is 11.0 Å². The first-order valence-corrected chi connectivity index (χ1v) is 14.4. The predicted molar refractivity (Wildman–Crippen MR) is 128 cm³/mol. The molecule has 0 radical (unpaired) electrons. The third-order valence-corrected chi connectivity index (χ3v) is 10.9. The zero-order valence-electron chi connectivity index (χ0n) is 19.2. The van der Waals surface area contributed by atoms with Gasteiger partial charge in [-0.3, -0.25) is 0 Å². The minimum absolute atomic E-state index is 0.0340. The van der Waals surface area contributed by atoms with E-state index in [9.17, 15) is 4.79 Å². The summed E-state index contributed by atoms with van der Waals surface area (Å²) < 4.78 is 11.1. The molecule has 6 heteroatoms. The van der Waals surface area contributed by atoms with Gasteiger partial charge >= 0.3 is 5.97 Å². The van der Waals surface area contributed by atoms with Gasteiger partial charge in [-0.15, -0.1) is 11.3 Å². The lowest BCUT2D eigenvalue weighted by atomic mass is 10.1. The van der Waals surface area contributed by atoms with E-state index >= 15 is 0 Å². The van der Waals surface area contributed by atoms with Crippen LogP contribution in [0.5, 0.6) is 0 Å². The standard InChI is InChI=1S/C24H35NO3SSi/c1-24(2,3)30(5,6)28-21(23(26)27-4)17-13-8-7-12-16-20-18-29-22(25-20)19-14-10-9-11-15-19/h9-11,14-15,17-18H,7-8,12-13,16H2,1-6H3/b21-17-. The third kappa shape index (κ3) is 7.09. The molecular weight excluding hydrogens is 410 g/mol. The Balaban J connectivity index is 1.81. The van der Waals surface area contributed by atoms with Crippen molar-refractivity contribution in [2.45, 2.75) is 71.0 Å². The van der Waals surface area contributed by atoms with Crippen LogP contribution in [0.15, 0.2) is 47.5 Å². The summed E-state index contributed by atoms with van der Waals surface area (Å²) in [5.74, 6) is -0.00756. The molecule has 0 fully saturated rings. The van der Waals surface area contributed by atoms with Crippen molar-refractivity contribution in [1.82, 2.24) is 4.98 Å². The predicted octanol–water partition coefficient (Wildman–Crippen LogP) is 6.99. The Kier molecular flexibility index (Phi) is 8.86. The van der Waals surface area contributed by atoms with Gasteiger partial charge in [-0.1, -0.05) is 57.5 Å². The van der Waals surface area contributed by atoms with Gasteiger partial charge in [0, 0.05) is 10.9 Å². The lowest BCUT2D eigenvalue weighted by molar-refractivity contribution is -0.138. The van der Waals surface area contributed by atoms with E-state index in [1.807, 2.05) is 24.3 Å². The molecule has 0 bridgehead atoms. The molecule has 0 saturated heterocycles. The van der Waals surface area contributed by atoms with E-state index in [0.717, 1.165) is 42.8 Å². The van der Waals surface area contributed by atoms with Crippen molar-refractivity contribution in [1.29, 1.82) is 0 Å². The number of esters is 1. The van der Waals surface area contributed by atoms with Gasteiger partial charge in [-0.2, -0.15) is 0 Å². The van der Waals surface area contributed by atoms with Crippen LogP contribution in [-0.2, 0) is 20.4 Å². The van der Waals surface area contributed by atoms with Crippen LogP contribution in [0.25, 0.3) is 10.6 Å². The quantitative estimate of drug-likeness (QED) is 0.130. The monoisotopic (exact) mass is 445 g/mol. The highest BCUT2D eigenvalue weighted by molar-refractivity contribution is 7.13. The number of ether oxygens (including phenoxy) is 1. The van der Waals surface area contributed by atoms with Crippen LogP contribution >= 0.6 is 11.3 Å². The second-order valence-electron chi connectivity index (χ2n) is 9.03. The Morgan fingerprint density at radius 2 is 1.83 bits per heavy atom. The highest BCUT2D eigenvalue weighted by Gasteiger charge is 2.40. The number of rotatable bonds is 10. The van der Waals surface area contributed by atoms with E-state index in [4.69, 9.17) is 14.1 Å². The summed E-state index contributed by atoms with van der Waals surface area (Å²) in [6, 6.07) is 10.3. The third-order valence-electron chi connectivity index (χ3n) is 5.60. The molecule has 0 aliphatic heterocycles. The first kappa shape index (κ1) is 24.3. The normalized spacial score (nSPS) is 12.7. The minimum atomic E-state index is -2.07. The summed E-state index contributed by atoms with van der Waals surface area (Å²) >= 11 is 1.70. The van der Waals surface area contributed by atoms with Crippen molar-refractivity contribution in [3.8, 4) is 10.6 Å². The van der Waals surface area contributed by atoms with E-state index in [2.05, 4.69) is 51.4 Å². The zero-order valence-corrected chi connectivity index (χ0v) is 21.0. The summed E-state index contributed by atoms with van der Waals surface area (Å²) in [6.45, 7) is 10.8. The maximum Gasteiger partial charge on any atom is 0.371 e. The van der Waals surface area contributed by atoms with Crippen molar-refractivity contribution < 1.29 is 14.0 Å². The summed E-state index contributed by atoms with van der Waals surface area (Å²) in [7, 11) is -0.663. The summed E-state index contributed by atoms with van der Waals surface area (Å²) in [6.07, 6.45) is 6.88. The Bertz CT molecular complexity index is 838. The molecule has 1 aromatic heterocycles. The summed E-state index contributed by atoms with van der Waals surface area (Å²) in [5, 5.41) is 3.27. The first-order valence-electron chi connectivity index (χ1n) is 10.6. The molecule has 0 spiro atoms. The number of unbranched alkanes of at least 4 members (excludes halogenated alkanes) is 3. The number of carbonyl (C=O) groups excluding carboxylic acids is 1. The summed E-state index contributed by atoms with van der Waals surface area (Å²) in [5.41, 5.74) is 2.34. The number of allylic oxidation sites excluding steroid dienone is 1. The second kappa shape index (κ2) is 10.9. The van der Waals surface area contributed by atoms with Crippen molar-refractivity contribution in [3.05, 3.63) is 53.2 Å². The van der Waals surface area contributed by atoms with E-state index < -0.39 is 8.32 Å². The number of carbonyl (C=O) groups is 1. The number of hydrogen-bond donors (Lipinski definition) is 0. The molecule has 0 unspecified atom stereocenters. The van der Waals surface area contributed by atoms with Crippen LogP contribution in [0.4, 0.5) is 0 Å². The van der Waals surface area contributed by atoms with Gasteiger partial charge in [0.1, 0.15) is 5.01 Å². The highest BCUT2D eigenvalue weighted by atomic mass is 32.1. The fourth-order valence-electron chi connectivity index (χ4n) is 2.69. The molecule has 2 rings (SSSR count). The van der Waals surface area contributed by atoms with Gasteiger partial charge < -0.3 is 9.16 Å². The lowest BCUT2D eigenvalue weighted by Gasteiger charge is -2.36. The van der Waals surface area contributed by atoms with Crippen molar-refractivity contribution in [3.63, 3.8) is 0 Å². The van der Waals surface area contributed by atoms with Crippen LogP contribution in [0.2, 0.25) is 18.1 Å². The van der Waals surface area contributed by atoms with Crippen molar-refractivity contribution in [2.24, 2.45) is 0 Å². The Labute approximate surface area is 186 Å². The minimum Gasteiger partial charge on any atom is -0.539 e. The van der Waals surface area contributed by atoms with E-state index in [1.54, 1.807) is 11.3 Å². The van der Waals surface area contributed by atoms with E-state index in [0.29, 0.717) is 5.76 Å². The number of thiazole rings is 1. The molecule has 0 N–H and O–H groups in total. The smallest absolute Gasteiger partial charge is 0.371 e. The molecule has 30 heavy (non-hydrogen) atoms. The number of hydrogen-bond acceptors (Lipinski definition) is 5.